The van der Waals surface area contributed by atoms with Crippen LogP contribution in [0.1, 0.15) is 93.0 Å². The van der Waals surface area contributed by atoms with E-state index in [1.807, 2.05) is 52.0 Å². The van der Waals surface area contributed by atoms with Crippen molar-refractivity contribution in [2.45, 2.75) is 66.7 Å². The summed E-state index contributed by atoms with van der Waals surface area (Å²) in [6.45, 7) is 15.1. The molecule has 0 saturated carbocycles. The Labute approximate surface area is 240 Å². The molecule has 0 aliphatic carbocycles. The van der Waals surface area contributed by atoms with Crippen LogP contribution in [0.15, 0.2) is 48.7 Å². The predicted molar refractivity (Wildman–Crippen MR) is 165 cm³/mol. The zero-order chi connectivity index (χ0) is 28.6. The van der Waals surface area contributed by atoms with Crippen molar-refractivity contribution >= 4 is 23.3 Å². The average molecular weight is 543 g/mol. The number of rotatable bonds is 12. The molecule has 1 saturated heterocycles. The van der Waals surface area contributed by atoms with Gasteiger partial charge in [0.05, 0.1) is 5.52 Å². The van der Waals surface area contributed by atoms with Crippen LogP contribution in [-0.2, 0) is 0 Å². The van der Waals surface area contributed by atoms with E-state index >= 15 is 0 Å². The van der Waals surface area contributed by atoms with Gasteiger partial charge in [0.15, 0.2) is 5.78 Å². The molecule has 40 heavy (non-hydrogen) atoms. The number of fused-ring (bicyclic) bond motifs is 1. The molecule has 2 aromatic heterocycles. The molecule has 214 valence electrons. The Bertz CT molecular complexity index is 1320. The van der Waals surface area contributed by atoms with Gasteiger partial charge in [-0.05, 0) is 75.7 Å². The zero-order valence-corrected chi connectivity index (χ0v) is 25.0. The van der Waals surface area contributed by atoms with Crippen LogP contribution in [0.25, 0.3) is 22.9 Å². The summed E-state index contributed by atoms with van der Waals surface area (Å²) in [5.41, 5.74) is 4.95. The molecule has 3 aromatic rings. The molecule has 1 amide bonds. The number of carbonyl (C=O) groups excluding carboxylic acids is 2. The first-order valence-electron chi connectivity index (χ1n) is 15.0. The number of likely N-dealkylation sites (tertiary alicyclic amines) is 1. The van der Waals surface area contributed by atoms with E-state index in [1.54, 1.807) is 6.92 Å². The van der Waals surface area contributed by atoms with Crippen molar-refractivity contribution < 1.29 is 9.59 Å². The maximum atomic E-state index is 13.8. The van der Waals surface area contributed by atoms with E-state index in [1.165, 1.54) is 19.3 Å². The van der Waals surface area contributed by atoms with Gasteiger partial charge in [0, 0.05) is 48.1 Å². The average Bonchev–Trinajstić information content (AvgIpc) is 3.31. The van der Waals surface area contributed by atoms with E-state index in [-0.39, 0.29) is 11.7 Å². The molecule has 0 atom stereocenters. The molecule has 1 aromatic carbocycles. The van der Waals surface area contributed by atoms with E-state index in [9.17, 15) is 9.59 Å². The summed E-state index contributed by atoms with van der Waals surface area (Å²) >= 11 is 0. The number of Topliss-reactive ketones (excluding diaryl/α,β-unsaturated/α-hetero) is 1. The summed E-state index contributed by atoms with van der Waals surface area (Å²) < 4.78 is 1.86. The van der Waals surface area contributed by atoms with Crippen LogP contribution in [0.5, 0.6) is 0 Å². The smallest absolute Gasteiger partial charge is 0.253 e. The van der Waals surface area contributed by atoms with E-state index in [0.717, 1.165) is 67.9 Å². The molecular weight excluding hydrogens is 496 g/mol. The minimum atomic E-state index is 0.0311. The second-order valence-electron chi connectivity index (χ2n) is 12.1. The number of amides is 1. The lowest BCUT2D eigenvalue weighted by Crippen LogP contribution is -2.34. The molecule has 0 bridgehead atoms. The number of carbonyl (C=O) groups is 2. The van der Waals surface area contributed by atoms with E-state index < -0.39 is 0 Å². The Balaban J connectivity index is 1.72. The standard InChI is InChI=1S/C34H46N4O2/c1-25(2)14-20-37(21-15-26(3)4)34(40)30-16-22-38-32(24-30)31(13-10-19-36-17-7-6-8-18-36)33(35-38)29-12-9-11-28(23-29)27(5)39/h9-13,16,22-26H,6-8,14-15,17-21H2,1-5H3/b13-10+. The highest BCUT2D eigenvalue weighted by Crippen LogP contribution is 2.29. The third-order valence-corrected chi connectivity index (χ3v) is 7.80. The summed E-state index contributed by atoms with van der Waals surface area (Å²) in [4.78, 5) is 30.4. The molecule has 0 radical (unpaired) electrons. The van der Waals surface area contributed by atoms with Crippen molar-refractivity contribution in [3.05, 3.63) is 65.4 Å². The van der Waals surface area contributed by atoms with Gasteiger partial charge >= 0.3 is 0 Å². The maximum absolute atomic E-state index is 13.8. The van der Waals surface area contributed by atoms with Crippen LogP contribution in [-0.4, -0.2) is 63.8 Å². The molecule has 3 heterocycles. The lowest BCUT2D eigenvalue weighted by molar-refractivity contribution is 0.0740. The molecule has 0 unspecified atom stereocenters. The molecular formula is C34H46N4O2. The van der Waals surface area contributed by atoms with Crippen molar-refractivity contribution in [3.8, 4) is 11.3 Å². The van der Waals surface area contributed by atoms with Crippen molar-refractivity contribution in [1.29, 1.82) is 0 Å². The molecule has 6 nitrogen and oxygen atoms in total. The van der Waals surface area contributed by atoms with Crippen LogP contribution in [0.2, 0.25) is 0 Å². The summed E-state index contributed by atoms with van der Waals surface area (Å²) in [5.74, 6) is 1.19. The van der Waals surface area contributed by atoms with Gasteiger partial charge in [-0.3, -0.25) is 14.5 Å². The molecule has 1 fully saturated rings. The molecule has 1 aliphatic heterocycles. The van der Waals surface area contributed by atoms with Gasteiger partial charge in [-0.25, -0.2) is 4.52 Å². The minimum Gasteiger partial charge on any atom is -0.339 e. The van der Waals surface area contributed by atoms with E-state index in [0.29, 0.717) is 23.0 Å². The SMILES string of the molecule is CC(=O)c1cccc(-c2nn3ccc(C(=O)N(CCC(C)C)CCC(C)C)cc3c2/C=C/CN2CCCCC2)c1. The van der Waals surface area contributed by atoms with Crippen LogP contribution < -0.4 is 0 Å². The number of aromatic nitrogens is 2. The topological polar surface area (TPSA) is 57.9 Å². The molecule has 6 heteroatoms. The summed E-state index contributed by atoms with van der Waals surface area (Å²) in [6, 6.07) is 11.5. The first kappa shape index (κ1) is 29.7. The van der Waals surface area contributed by atoms with Crippen molar-refractivity contribution in [2.24, 2.45) is 11.8 Å². The maximum Gasteiger partial charge on any atom is 0.253 e. The van der Waals surface area contributed by atoms with E-state index in [2.05, 4.69) is 44.7 Å². The third-order valence-electron chi connectivity index (χ3n) is 7.80. The van der Waals surface area contributed by atoms with Gasteiger partial charge in [0.25, 0.3) is 5.91 Å². The lowest BCUT2D eigenvalue weighted by Gasteiger charge is -2.25. The molecule has 0 N–H and O–H groups in total. The Morgan fingerprint density at radius 1 is 0.950 bits per heavy atom. The van der Waals surface area contributed by atoms with Gasteiger partial charge in [0.2, 0.25) is 0 Å². The Morgan fingerprint density at radius 2 is 1.65 bits per heavy atom. The van der Waals surface area contributed by atoms with Crippen molar-refractivity contribution in [2.75, 3.05) is 32.7 Å². The fraction of sp³-hybridized carbons (Fsp3) is 0.500. The van der Waals surface area contributed by atoms with Gasteiger partial charge < -0.3 is 4.90 Å². The predicted octanol–water partition coefficient (Wildman–Crippen LogP) is 7.24. The zero-order valence-electron chi connectivity index (χ0n) is 25.0. The second-order valence-corrected chi connectivity index (χ2v) is 12.1. The number of ketones is 1. The largest absolute Gasteiger partial charge is 0.339 e. The normalized spacial score (nSPS) is 14.6. The summed E-state index contributed by atoms with van der Waals surface area (Å²) in [5, 5.41) is 4.93. The van der Waals surface area contributed by atoms with Crippen LogP contribution in [0.3, 0.4) is 0 Å². The third kappa shape index (κ3) is 7.69. The quantitative estimate of drug-likeness (QED) is 0.226. The summed E-state index contributed by atoms with van der Waals surface area (Å²) in [6.07, 6.45) is 12.0. The van der Waals surface area contributed by atoms with E-state index in [4.69, 9.17) is 5.10 Å². The van der Waals surface area contributed by atoms with Gasteiger partial charge in [-0.15, -0.1) is 0 Å². The molecule has 0 spiro atoms. The van der Waals surface area contributed by atoms with Crippen molar-refractivity contribution in [1.82, 2.24) is 19.4 Å². The summed E-state index contributed by atoms with van der Waals surface area (Å²) in [7, 11) is 0. The highest BCUT2D eigenvalue weighted by Gasteiger charge is 2.20. The number of hydrogen-bond acceptors (Lipinski definition) is 4. The molecule has 4 rings (SSSR count). The highest BCUT2D eigenvalue weighted by molar-refractivity contribution is 5.97. The van der Waals surface area contributed by atoms with Gasteiger partial charge in [-0.1, -0.05) is 64.5 Å². The van der Waals surface area contributed by atoms with Gasteiger partial charge in [0.1, 0.15) is 5.69 Å². The fourth-order valence-corrected chi connectivity index (χ4v) is 5.25. The number of nitrogens with zero attached hydrogens (tertiary/aromatic N) is 4. The van der Waals surface area contributed by atoms with Gasteiger partial charge in [-0.2, -0.15) is 5.10 Å². The van der Waals surface area contributed by atoms with Crippen LogP contribution in [0.4, 0.5) is 0 Å². The Hall–Kier alpha value is -3.25. The Kier molecular flexibility index (Phi) is 10.3. The van der Waals surface area contributed by atoms with Crippen LogP contribution in [0, 0.1) is 11.8 Å². The second kappa shape index (κ2) is 13.9. The molecule has 1 aliphatic rings. The minimum absolute atomic E-state index is 0.0311. The lowest BCUT2D eigenvalue weighted by atomic mass is 10.0. The monoisotopic (exact) mass is 542 g/mol. The first-order valence-corrected chi connectivity index (χ1v) is 15.0. The highest BCUT2D eigenvalue weighted by atomic mass is 16.2. The number of pyridine rings is 1. The fourth-order valence-electron chi connectivity index (χ4n) is 5.25. The van der Waals surface area contributed by atoms with Crippen LogP contribution >= 0.6 is 0 Å². The first-order chi connectivity index (χ1) is 19.2. The number of hydrogen-bond donors (Lipinski definition) is 0. The number of piperidine rings is 1. The number of benzene rings is 1. The Morgan fingerprint density at radius 3 is 2.30 bits per heavy atom. The van der Waals surface area contributed by atoms with Crippen molar-refractivity contribution in [3.63, 3.8) is 0 Å².